The molecule has 0 saturated heterocycles. The molecule has 1 aromatic rings. The number of para-hydroxylation sites is 1. The number of hydrogen-bond donors (Lipinski definition) is 2. The van der Waals surface area contributed by atoms with E-state index in [1.165, 1.54) is 6.07 Å². The largest absolute Gasteiger partial charge is 0.353 e. The van der Waals surface area contributed by atoms with Crippen molar-refractivity contribution in [3.05, 3.63) is 39.9 Å². The van der Waals surface area contributed by atoms with Crippen molar-refractivity contribution >= 4 is 11.6 Å². The Hall–Kier alpha value is -2.11. The summed E-state index contributed by atoms with van der Waals surface area (Å²) in [4.78, 5) is 14.7. The third kappa shape index (κ3) is 3.43. The molecule has 2 atom stereocenters. The number of nitro groups is 1. The van der Waals surface area contributed by atoms with E-state index in [1.807, 2.05) is 0 Å². The highest BCUT2D eigenvalue weighted by molar-refractivity contribution is 5.80. The highest BCUT2D eigenvalue weighted by atomic mass is 16.6. The fourth-order valence-corrected chi connectivity index (χ4v) is 1.91. The molecule has 0 radical (unpaired) electrons. The van der Waals surface area contributed by atoms with Crippen LogP contribution in [0.4, 0.5) is 5.69 Å². The van der Waals surface area contributed by atoms with Crippen LogP contribution >= 0.6 is 0 Å². The Morgan fingerprint density at radius 1 is 1.53 bits per heavy atom. The number of aliphatic imine (C=N–C) groups is 1. The number of nitro benzene ring substituents is 1. The summed E-state index contributed by atoms with van der Waals surface area (Å²) in [6, 6.07) is 7.19. The van der Waals surface area contributed by atoms with E-state index < -0.39 is 0 Å². The van der Waals surface area contributed by atoms with Crippen molar-refractivity contribution in [3.8, 4) is 0 Å². The summed E-state index contributed by atoms with van der Waals surface area (Å²) < 4.78 is 0. The van der Waals surface area contributed by atoms with Crippen LogP contribution in [0.1, 0.15) is 18.9 Å². The lowest BCUT2D eigenvalue weighted by molar-refractivity contribution is -0.385. The lowest BCUT2D eigenvalue weighted by Gasteiger charge is -2.11. The van der Waals surface area contributed by atoms with Crippen LogP contribution in [0.2, 0.25) is 0 Å². The second-order valence-electron chi connectivity index (χ2n) is 4.78. The minimum absolute atomic E-state index is 0.130. The van der Waals surface area contributed by atoms with E-state index in [1.54, 1.807) is 25.2 Å². The lowest BCUT2D eigenvalue weighted by atomic mass is 10.2. The molecule has 0 spiro atoms. The van der Waals surface area contributed by atoms with E-state index >= 15 is 0 Å². The van der Waals surface area contributed by atoms with Crippen LogP contribution in [0.25, 0.3) is 0 Å². The second-order valence-corrected chi connectivity index (χ2v) is 4.78. The molecule has 0 heterocycles. The number of guanidine groups is 1. The van der Waals surface area contributed by atoms with Crippen molar-refractivity contribution in [1.29, 1.82) is 0 Å². The molecule has 19 heavy (non-hydrogen) atoms. The Kier molecular flexibility index (Phi) is 3.99. The SMILES string of the molecule is CN=C(NCc1ccccc1[N+](=O)[O-])NC1CC1C. The maximum absolute atomic E-state index is 10.9. The molecule has 1 aromatic carbocycles. The van der Waals surface area contributed by atoms with E-state index in [9.17, 15) is 10.1 Å². The van der Waals surface area contributed by atoms with Crippen LogP contribution in [-0.4, -0.2) is 24.0 Å². The minimum Gasteiger partial charge on any atom is -0.353 e. The van der Waals surface area contributed by atoms with E-state index in [4.69, 9.17) is 0 Å². The molecule has 2 rings (SSSR count). The maximum atomic E-state index is 10.9. The summed E-state index contributed by atoms with van der Waals surface area (Å²) in [5, 5.41) is 17.3. The smallest absolute Gasteiger partial charge is 0.274 e. The average Bonchev–Trinajstić information content (AvgIpc) is 3.10. The molecule has 1 saturated carbocycles. The maximum Gasteiger partial charge on any atom is 0.274 e. The van der Waals surface area contributed by atoms with Gasteiger partial charge in [-0.05, 0) is 12.3 Å². The van der Waals surface area contributed by atoms with Gasteiger partial charge in [0.1, 0.15) is 0 Å². The summed E-state index contributed by atoms with van der Waals surface area (Å²) in [5.41, 5.74) is 0.782. The van der Waals surface area contributed by atoms with Crippen LogP contribution < -0.4 is 10.6 Å². The van der Waals surface area contributed by atoms with Crippen LogP contribution in [0, 0.1) is 16.0 Å². The molecule has 0 amide bonds. The summed E-state index contributed by atoms with van der Waals surface area (Å²) in [6.07, 6.45) is 1.15. The fourth-order valence-electron chi connectivity index (χ4n) is 1.91. The van der Waals surface area contributed by atoms with Crippen molar-refractivity contribution in [1.82, 2.24) is 10.6 Å². The molecule has 6 nitrogen and oxygen atoms in total. The predicted molar refractivity (Wildman–Crippen MR) is 74.0 cm³/mol. The number of hydrogen-bond acceptors (Lipinski definition) is 3. The van der Waals surface area contributed by atoms with Gasteiger partial charge in [-0.25, -0.2) is 0 Å². The lowest BCUT2D eigenvalue weighted by Crippen LogP contribution is -2.38. The van der Waals surface area contributed by atoms with Gasteiger partial charge in [0.2, 0.25) is 0 Å². The molecule has 1 aliphatic rings. The second kappa shape index (κ2) is 5.69. The van der Waals surface area contributed by atoms with Crippen molar-refractivity contribution < 1.29 is 4.92 Å². The highest BCUT2D eigenvalue weighted by Crippen LogP contribution is 2.28. The molecule has 6 heteroatoms. The van der Waals surface area contributed by atoms with Gasteiger partial charge in [0.05, 0.1) is 4.92 Å². The Labute approximate surface area is 112 Å². The Balaban J connectivity index is 1.95. The van der Waals surface area contributed by atoms with E-state index in [-0.39, 0.29) is 10.6 Å². The molecular formula is C13H18N4O2. The third-order valence-corrected chi connectivity index (χ3v) is 3.29. The first kappa shape index (κ1) is 13.3. The van der Waals surface area contributed by atoms with Crippen molar-refractivity contribution in [2.24, 2.45) is 10.9 Å². The Morgan fingerprint density at radius 2 is 2.21 bits per heavy atom. The number of benzene rings is 1. The van der Waals surface area contributed by atoms with Gasteiger partial charge in [-0.2, -0.15) is 0 Å². The number of nitrogens with one attached hydrogen (secondary N) is 2. The monoisotopic (exact) mass is 262 g/mol. The zero-order valence-electron chi connectivity index (χ0n) is 11.1. The standard InChI is InChI=1S/C13H18N4O2/c1-9-7-11(9)16-13(14-2)15-8-10-5-3-4-6-12(10)17(18)19/h3-6,9,11H,7-8H2,1-2H3,(H2,14,15,16). The normalized spacial score (nSPS) is 21.9. The minimum atomic E-state index is -0.365. The van der Waals surface area contributed by atoms with Crippen LogP contribution in [-0.2, 0) is 6.54 Å². The molecule has 2 N–H and O–H groups in total. The van der Waals surface area contributed by atoms with Gasteiger partial charge in [-0.15, -0.1) is 0 Å². The zero-order valence-corrected chi connectivity index (χ0v) is 11.1. The van der Waals surface area contributed by atoms with Crippen molar-refractivity contribution in [2.75, 3.05) is 7.05 Å². The number of nitrogens with zero attached hydrogens (tertiary/aromatic N) is 2. The molecule has 0 bridgehead atoms. The van der Waals surface area contributed by atoms with Gasteiger partial charge < -0.3 is 10.6 Å². The van der Waals surface area contributed by atoms with Gasteiger partial charge in [0.25, 0.3) is 5.69 Å². The topological polar surface area (TPSA) is 79.6 Å². The van der Waals surface area contributed by atoms with Gasteiger partial charge in [-0.3, -0.25) is 15.1 Å². The molecule has 2 unspecified atom stereocenters. The van der Waals surface area contributed by atoms with Crippen LogP contribution in [0.5, 0.6) is 0 Å². The third-order valence-electron chi connectivity index (χ3n) is 3.29. The van der Waals surface area contributed by atoms with E-state index in [0.29, 0.717) is 30.0 Å². The summed E-state index contributed by atoms with van der Waals surface area (Å²) in [6.45, 7) is 2.56. The molecule has 0 aromatic heterocycles. The Morgan fingerprint density at radius 3 is 2.79 bits per heavy atom. The first-order chi connectivity index (χ1) is 9.11. The average molecular weight is 262 g/mol. The van der Waals surface area contributed by atoms with Gasteiger partial charge in [0.15, 0.2) is 5.96 Å². The molecule has 102 valence electrons. The van der Waals surface area contributed by atoms with Crippen molar-refractivity contribution in [3.63, 3.8) is 0 Å². The van der Waals surface area contributed by atoms with E-state index in [0.717, 1.165) is 6.42 Å². The van der Waals surface area contributed by atoms with Crippen LogP contribution in [0.3, 0.4) is 0 Å². The quantitative estimate of drug-likeness (QED) is 0.374. The van der Waals surface area contributed by atoms with E-state index in [2.05, 4.69) is 22.5 Å². The molecule has 1 fully saturated rings. The van der Waals surface area contributed by atoms with Crippen molar-refractivity contribution in [2.45, 2.75) is 25.9 Å². The highest BCUT2D eigenvalue weighted by Gasteiger charge is 2.33. The molecule has 1 aliphatic carbocycles. The molecular weight excluding hydrogens is 244 g/mol. The first-order valence-corrected chi connectivity index (χ1v) is 6.31. The summed E-state index contributed by atoms with van der Waals surface area (Å²) in [7, 11) is 1.70. The van der Waals surface area contributed by atoms with Gasteiger partial charge in [-0.1, -0.05) is 25.1 Å². The first-order valence-electron chi connectivity index (χ1n) is 6.31. The fraction of sp³-hybridized carbons (Fsp3) is 0.462. The predicted octanol–water partition coefficient (Wildman–Crippen LogP) is 1.67. The van der Waals surface area contributed by atoms with Crippen LogP contribution in [0.15, 0.2) is 29.3 Å². The van der Waals surface area contributed by atoms with Gasteiger partial charge >= 0.3 is 0 Å². The summed E-state index contributed by atoms with van der Waals surface area (Å²) >= 11 is 0. The Bertz CT molecular complexity index is 501. The summed E-state index contributed by atoms with van der Waals surface area (Å²) in [5.74, 6) is 1.36. The van der Waals surface area contributed by atoms with Gasteiger partial charge in [0, 0.05) is 31.3 Å². The zero-order chi connectivity index (χ0) is 13.8. The number of rotatable bonds is 4. The molecule has 0 aliphatic heterocycles.